The Morgan fingerprint density at radius 3 is 2.55 bits per heavy atom. The Labute approximate surface area is 129 Å². The van der Waals surface area contributed by atoms with E-state index in [2.05, 4.69) is 15.6 Å². The summed E-state index contributed by atoms with van der Waals surface area (Å²) < 4.78 is 10.7. The van der Waals surface area contributed by atoms with Crippen LogP contribution in [-0.2, 0) is 6.54 Å². The van der Waals surface area contributed by atoms with Crippen molar-refractivity contribution in [2.75, 3.05) is 20.3 Å². The molecule has 1 heterocycles. The van der Waals surface area contributed by atoms with Crippen molar-refractivity contribution in [3.05, 3.63) is 54.4 Å². The lowest BCUT2D eigenvalue weighted by Crippen LogP contribution is -2.37. The largest absolute Gasteiger partial charge is 0.493 e. The van der Waals surface area contributed by atoms with E-state index < -0.39 is 0 Å². The van der Waals surface area contributed by atoms with Crippen LogP contribution in [0.1, 0.15) is 5.56 Å². The first kappa shape index (κ1) is 15.6. The van der Waals surface area contributed by atoms with E-state index in [-0.39, 0.29) is 6.03 Å². The number of aromatic nitrogens is 1. The first-order valence-electron chi connectivity index (χ1n) is 6.96. The summed E-state index contributed by atoms with van der Waals surface area (Å²) in [6.07, 6.45) is 3.38. The zero-order chi connectivity index (χ0) is 15.6. The number of hydrogen-bond acceptors (Lipinski definition) is 4. The van der Waals surface area contributed by atoms with Crippen LogP contribution in [-0.4, -0.2) is 31.3 Å². The van der Waals surface area contributed by atoms with Crippen LogP contribution in [0.25, 0.3) is 0 Å². The van der Waals surface area contributed by atoms with Crippen LogP contribution < -0.4 is 20.1 Å². The van der Waals surface area contributed by atoms with Crippen LogP contribution in [0.5, 0.6) is 11.5 Å². The number of pyridine rings is 1. The maximum absolute atomic E-state index is 11.6. The van der Waals surface area contributed by atoms with Crippen LogP contribution in [0, 0.1) is 0 Å². The Balaban J connectivity index is 1.65. The summed E-state index contributed by atoms with van der Waals surface area (Å²) in [6.45, 7) is 1.23. The zero-order valence-corrected chi connectivity index (χ0v) is 12.4. The number of carbonyl (C=O) groups is 1. The number of urea groups is 1. The van der Waals surface area contributed by atoms with E-state index in [1.54, 1.807) is 19.5 Å². The van der Waals surface area contributed by atoms with Gasteiger partial charge in [-0.05, 0) is 29.8 Å². The van der Waals surface area contributed by atoms with Crippen LogP contribution in [0.2, 0.25) is 0 Å². The van der Waals surface area contributed by atoms with E-state index in [0.29, 0.717) is 31.2 Å². The van der Waals surface area contributed by atoms with Gasteiger partial charge >= 0.3 is 6.03 Å². The fourth-order valence-electron chi connectivity index (χ4n) is 1.81. The summed E-state index contributed by atoms with van der Waals surface area (Å²) in [7, 11) is 1.59. The van der Waals surface area contributed by atoms with Gasteiger partial charge in [0.05, 0.1) is 13.7 Å². The number of nitrogens with one attached hydrogen (secondary N) is 2. The fraction of sp³-hybridized carbons (Fsp3) is 0.250. The van der Waals surface area contributed by atoms with Crippen molar-refractivity contribution in [3.8, 4) is 11.5 Å². The summed E-state index contributed by atoms with van der Waals surface area (Å²) in [4.78, 5) is 15.6. The minimum absolute atomic E-state index is 0.236. The highest BCUT2D eigenvalue weighted by molar-refractivity contribution is 5.73. The van der Waals surface area contributed by atoms with Crippen LogP contribution in [0.15, 0.2) is 48.8 Å². The van der Waals surface area contributed by atoms with E-state index in [1.165, 1.54) is 0 Å². The van der Waals surface area contributed by atoms with E-state index in [1.807, 2.05) is 36.4 Å². The maximum Gasteiger partial charge on any atom is 0.315 e. The number of ether oxygens (including phenoxy) is 2. The number of amides is 2. The lowest BCUT2D eigenvalue weighted by Gasteiger charge is -2.11. The van der Waals surface area contributed by atoms with E-state index in [4.69, 9.17) is 9.47 Å². The van der Waals surface area contributed by atoms with Gasteiger partial charge in [0.1, 0.15) is 6.61 Å². The summed E-state index contributed by atoms with van der Waals surface area (Å²) in [5.41, 5.74) is 0.996. The second kappa shape index (κ2) is 8.51. The van der Waals surface area contributed by atoms with Gasteiger partial charge in [0.25, 0.3) is 0 Å². The molecule has 0 saturated heterocycles. The van der Waals surface area contributed by atoms with E-state index in [9.17, 15) is 4.79 Å². The van der Waals surface area contributed by atoms with Gasteiger partial charge in [-0.25, -0.2) is 4.79 Å². The summed E-state index contributed by atoms with van der Waals surface area (Å²) in [6, 6.07) is 10.9. The van der Waals surface area contributed by atoms with Gasteiger partial charge in [-0.2, -0.15) is 0 Å². The summed E-state index contributed by atoms with van der Waals surface area (Å²) >= 11 is 0. The molecule has 1 aromatic heterocycles. The molecule has 22 heavy (non-hydrogen) atoms. The van der Waals surface area contributed by atoms with Crippen molar-refractivity contribution in [1.82, 2.24) is 15.6 Å². The first-order chi connectivity index (χ1) is 10.8. The lowest BCUT2D eigenvalue weighted by molar-refractivity contribution is 0.235. The number of hydrogen-bond donors (Lipinski definition) is 2. The molecule has 0 aliphatic carbocycles. The van der Waals surface area contributed by atoms with Crippen LogP contribution in [0.3, 0.4) is 0 Å². The van der Waals surface area contributed by atoms with Crippen molar-refractivity contribution in [2.45, 2.75) is 6.54 Å². The molecule has 0 unspecified atom stereocenters. The normalized spacial score (nSPS) is 9.86. The highest BCUT2D eigenvalue weighted by Gasteiger charge is 2.03. The molecule has 0 aliphatic heterocycles. The molecule has 6 heteroatoms. The molecule has 0 spiro atoms. The number of rotatable bonds is 7. The minimum Gasteiger partial charge on any atom is -0.493 e. The topological polar surface area (TPSA) is 72.5 Å². The smallest absolute Gasteiger partial charge is 0.315 e. The standard InChI is InChI=1S/C16H19N3O3/c1-21-14-4-2-3-5-15(14)22-11-10-18-16(20)19-12-13-6-8-17-9-7-13/h2-9H,10-12H2,1H3,(H2,18,19,20). The highest BCUT2D eigenvalue weighted by atomic mass is 16.5. The van der Waals surface area contributed by atoms with Crippen LogP contribution >= 0.6 is 0 Å². The minimum atomic E-state index is -0.236. The molecule has 1 aromatic carbocycles. The van der Waals surface area contributed by atoms with Gasteiger partial charge in [0.2, 0.25) is 0 Å². The fourth-order valence-corrected chi connectivity index (χ4v) is 1.81. The van der Waals surface area contributed by atoms with Gasteiger partial charge in [0.15, 0.2) is 11.5 Å². The first-order valence-corrected chi connectivity index (χ1v) is 6.96. The molecule has 0 aliphatic rings. The third-order valence-corrected chi connectivity index (χ3v) is 2.92. The number of carbonyl (C=O) groups excluding carboxylic acids is 1. The number of nitrogens with zero attached hydrogens (tertiary/aromatic N) is 1. The monoisotopic (exact) mass is 301 g/mol. The van der Waals surface area contributed by atoms with Gasteiger partial charge in [-0.15, -0.1) is 0 Å². The third kappa shape index (κ3) is 4.97. The summed E-state index contributed by atoms with van der Waals surface area (Å²) in [5, 5.41) is 5.49. The van der Waals surface area contributed by atoms with Gasteiger partial charge in [-0.1, -0.05) is 12.1 Å². The lowest BCUT2D eigenvalue weighted by atomic mass is 10.3. The molecule has 2 rings (SSSR count). The second-order valence-electron chi connectivity index (χ2n) is 4.46. The van der Waals surface area contributed by atoms with Crippen molar-refractivity contribution < 1.29 is 14.3 Å². The average molecular weight is 301 g/mol. The molecule has 2 N–H and O–H groups in total. The molecule has 0 bridgehead atoms. The Hall–Kier alpha value is -2.76. The Bertz CT molecular complexity index is 590. The van der Waals surface area contributed by atoms with Crippen molar-refractivity contribution in [3.63, 3.8) is 0 Å². The number of methoxy groups -OCH3 is 1. The molecule has 6 nitrogen and oxygen atoms in total. The molecular formula is C16H19N3O3. The van der Waals surface area contributed by atoms with Crippen molar-refractivity contribution >= 4 is 6.03 Å². The van der Waals surface area contributed by atoms with Gasteiger partial charge in [-0.3, -0.25) is 4.98 Å². The Morgan fingerprint density at radius 1 is 1.09 bits per heavy atom. The Kier molecular flexibility index (Phi) is 6.04. The molecule has 0 saturated carbocycles. The quantitative estimate of drug-likeness (QED) is 0.767. The van der Waals surface area contributed by atoms with Crippen molar-refractivity contribution in [1.29, 1.82) is 0 Å². The predicted molar refractivity (Wildman–Crippen MR) is 83.0 cm³/mol. The molecule has 0 atom stereocenters. The van der Waals surface area contributed by atoms with Crippen LogP contribution in [0.4, 0.5) is 4.79 Å². The zero-order valence-electron chi connectivity index (χ0n) is 12.4. The SMILES string of the molecule is COc1ccccc1OCCNC(=O)NCc1ccncc1. The highest BCUT2D eigenvalue weighted by Crippen LogP contribution is 2.25. The molecule has 2 amide bonds. The molecular weight excluding hydrogens is 282 g/mol. The number of benzene rings is 1. The van der Waals surface area contributed by atoms with Crippen molar-refractivity contribution in [2.24, 2.45) is 0 Å². The van der Waals surface area contributed by atoms with Gasteiger partial charge < -0.3 is 20.1 Å². The van der Waals surface area contributed by atoms with E-state index in [0.717, 1.165) is 5.56 Å². The maximum atomic E-state index is 11.6. The predicted octanol–water partition coefficient (Wildman–Crippen LogP) is 1.97. The van der Waals surface area contributed by atoms with E-state index >= 15 is 0 Å². The molecule has 116 valence electrons. The second-order valence-corrected chi connectivity index (χ2v) is 4.46. The van der Waals surface area contributed by atoms with Gasteiger partial charge in [0, 0.05) is 18.9 Å². The molecule has 0 fully saturated rings. The molecule has 0 radical (unpaired) electrons. The third-order valence-electron chi connectivity index (χ3n) is 2.92. The number of para-hydroxylation sites is 2. The molecule has 2 aromatic rings. The summed E-state index contributed by atoms with van der Waals surface area (Å²) in [5.74, 6) is 1.33. The average Bonchev–Trinajstić information content (AvgIpc) is 2.58. The Morgan fingerprint density at radius 2 is 1.82 bits per heavy atom.